The van der Waals surface area contributed by atoms with Crippen LogP contribution >= 0.6 is 11.6 Å². The van der Waals surface area contributed by atoms with E-state index in [1.54, 1.807) is 0 Å². The molecule has 1 rings (SSSR count). The molecule has 0 radical (unpaired) electrons. The summed E-state index contributed by atoms with van der Waals surface area (Å²) in [6.07, 6.45) is -3.84. The van der Waals surface area contributed by atoms with Crippen LogP contribution < -0.4 is 0 Å². The Balaban J connectivity index is 3.06. The predicted molar refractivity (Wildman–Crippen MR) is 51.1 cm³/mol. The van der Waals surface area contributed by atoms with Crippen molar-refractivity contribution in [3.63, 3.8) is 0 Å². The molecule has 78 valence electrons. The van der Waals surface area contributed by atoms with E-state index in [4.69, 9.17) is 16.9 Å². The number of hydrogen-bond acceptors (Lipinski definition) is 1. The minimum absolute atomic E-state index is 0.285. The van der Waals surface area contributed by atoms with E-state index in [-0.39, 0.29) is 5.56 Å². The minimum Gasteiger partial charge on any atom is -0.192 e. The smallest absolute Gasteiger partial charge is 0.192 e. The third kappa shape index (κ3) is 3.30. The molecule has 0 spiro atoms. The van der Waals surface area contributed by atoms with Gasteiger partial charge in [0, 0.05) is 5.02 Å². The van der Waals surface area contributed by atoms with Crippen molar-refractivity contribution in [3.8, 4) is 6.07 Å². The Morgan fingerprint density at radius 2 is 1.80 bits per heavy atom. The van der Waals surface area contributed by atoms with Crippen LogP contribution in [0.15, 0.2) is 29.8 Å². The van der Waals surface area contributed by atoms with E-state index in [0.717, 1.165) is 12.1 Å². The molecule has 1 aromatic carbocycles. The van der Waals surface area contributed by atoms with Gasteiger partial charge in [0.1, 0.15) is 11.6 Å². The molecule has 0 aliphatic rings. The molecule has 1 aromatic rings. The standard InChI is InChI=1S/C10H5ClF3N/c11-9-3-1-7(2-4-9)5-8(6-15)10(12,13)14/h1-5H/b8-5+. The van der Waals surface area contributed by atoms with Gasteiger partial charge in [-0.3, -0.25) is 0 Å². The first-order chi connectivity index (χ1) is 6.93. The average molecular weight is 232 g/mol. The number of benzene rings is 1. The molecular formula is C10H5ClF3N. The maximum atomic E-state index is 12.2. The fourth-order valence-corrected chi connectivity index (χ4v) is 1.03. The summed E-state index contributed by atoms with van der Waals surface area (Å²) in [6.45, 7) is 0. The van der Waals surface area contributed by atoms with Crippen LogP contribution in [0.3, 0.4) is 0 Å². The number of hydrogen-bond donors (Lipinski definition) is 0. The molecule has 0 heterocycles. The van der Waals surface area contributed by atoms with Gasteiger partial charge in [-0.05, 0) is 23.8 Å². The van der Waals surface area contributed by atoms with Crippen molar-refractivity contribution >= 4 is 17.7 Å². The lowest BCUT2D eigenvalue weighted by atomic mass is 10.1. The van der Waals surface area contributed by atoms with Crippen LogP contribution in [0.5, 0.6) is 0 Å². The first-order valence-electron chi connectivity index (χ1n) is 3.88. The third-order valence-electron chi connectivity index (χ3n) is 1.61. The Kier molecular flexibility index (Phi) is 3.38. The van der Waals surface area contributed by atoms with E-state index < -0.39 is 11.7 Å². The lowest BCUT2D eigenvalue weighted by molar-refractivity contribution is -0.0864. The molecule has 0 aromatic heterocycles. The highest BCUT2D eigenvalue weighted by atomic mass is 35.5. The van der Waals surface area contributed by atoms with E-state index >= 15 is 0 Å². The zero-order valence-corrected chi connectivity index (χ0v) is 8.10. The Morgan fingerprint density at radius 3 is 2.20 bits per heavy atom. The molecule has 15 heavy (non-hydrogen) atoms. The molecule has 0 atom stereocenters. The molecule has 0 unspecified atom stereocenters. The minimum atomic E-state index is -4.62. The van der Waals surface area contributed by atoms with Crippen LogP contribution in [0.1, 0.15) is 5.56 Å². The molecule has 1 nitrogen and oxygen atoms in total. The molecular weight excluding hydrogens is 227 g/mol. The molecule has 5 heteroatoms. The Labute approximate surface area is 89.4 Å². The molecule has 0 fully saturated rings. The van der Waals surface area contributed by atoms with Crippen LogP contribution in [-0.2, 0) is 0 Å². The van der Waals surface area contributed by atoms with Gasteiger partial charge in [-0.2, -0.15) is 18.4 Å². The van der Waals surface area contributed by atoms with E-state index in [1.165, 1.54) is 24.3 Å². The quantitative estimate of drug-likeness (QED) is 0.674. The third-order valence-corrected chi connectivity index (χ3v) is 1.86. The fraction of sp³-hybridized carbons (Fsp3) is 0.100. The number of nitriles is 1. The molecule has 0 saturated heterocycles. The van der Waals surface area contributed by atoms with Gasteiger partial charge in [0.25, 0.3) is 0 Å². The molecule has 0 bridgehead atoms. The van der Waals surface area contributed by atoms with Gasteiger partial charge < -0.3 is 0 Å². The normalized spacial score (nSPS) is 12.3. The second kappa shape index (κ2) is 4.37. The Bertz CT molecular complexity index is 412. The van der Waals surface area contributed by atoms with Gasteiger partial charge in [0.05, 0.1) is 0 Å². The zero-order valence-electron chi connectivity index (χ0n) is 7.35. The summed E-state index contributed by atoms with van der Waals surface area (Å²) in [4.78, 5) is 0. The summed E-state index contributed by atoms with van der Waals surface area (Å²) in [5.74, 6) is 0. The summed E-state index contributed by atoms with van der Waals surface area (Å²) in [5, 5.41) is 8.74. The fourth-order valence-electron chi connectivity index (χ4n) is 0.903. The SMILES string of the molecule is N#C/C(=C\c1ccc(Cl)cc1)C(F)(F)F. The summed E-state index contributed by atoms with van der Waals surface area (Å²) in [5.41, 5.74) is -0.946. The van der Waals surface area contributed by atoms with Crippen molar-refractivity contribution in [1.29, 1.82) is 5.26 Å². The van der Waals surface area contributed by atoms with Crippen LogP contribution in [0.25, 0.3) is 6.08 Å². The van der Waals surface area contributed by atoms with Gasteiger partial charge in [-0.15, -0.1) is 0 Å². The van der Waals surface area contributed by atoms with Crippen molar-refractivity contribution in [2.45, 2.75) is 6.18 Å². The lowest BCUT2D eigenvalue weighted by Crippen LogP contribution is -2.09. The molecule has 0 aliphatic heterocycles. The van der Waals surface area contributed by atoms with E-state index in [0.29, 0.717) is 5.02 Å². The van der Waals surface area contributed by atoms with Crippen molar-refractivity contribution in [2.24, 2.45) is 0 Å². The topological polar surface area (TPSA) is 23.8 Å². The summed E-state index contributed by atoms with van der Waals surface area (Å²) >= 11 is 5.56. The van der Waals surface area contributed by atoms with E-state index in [1.807, 2.05) is 0 Å². The van der Waals surface area contributed by atoms with Crippen LogP contribution in [0.2, 0.25) is 5.02 Å². The van der Waals surface area contributed by atoms with Crippen molar-refractivity contribution in [2.75, 3.05) is 0 Å². The summed E-state index contributed by atoms with van der Waals surface area (Å²) < 4.78 is 36.5. The number of alkyl halides is 3. The van der Waals surface area contributed by atoms with Crippen molar-refractivity contribution in [3.05, 3.63) is 40.4 Å². The maximum Gasteiger partial charge on any atom is 0.426 e. The predicted octanol–water partition coefficient (Wildman–Crippen LogP) is 3.81. The Hall–Kier alpha value is -1.47. The van der Waals surface area contributed by atoms with Crippen LogP contribution in [-0.4, -0.2) is 6.18 Å². The number of allylic oxidation sites excluding steroid dienone is 1. The highest BCUT2D eigenvalue weighted by Gasteiger charge is 2.33. The lowest BCUT2D eigenvalue weighted by Gasteiger charge is -2.03. The van der Waals surface area contributed by atoms with Crippen LogP contribution in [0.4, 0.5) is 13.2 Å². The molecule has 0 aliphatic carbocycles. The summed E-state index contributed by atoms with van der Waals surface area (Å²) in [7, 11) is 0. The van der Waals surface area contributed by atoms with Crippen LogP contribution in [0, 0.1) is 11.3 Å². The van der Waals surface area contributed by atoms with Gasteiger partial charge in [0.15, 0.2) is 0 Å². The molecule has 0 amide bonds. The molecule has 0 N–H and O–H groups in total. The van der Waals surface area contributed by atoms with E-state index in [2.05, 4.69) is 0 Å². The van der Waals surface area contributed by atoms with Crippen molar-refractivity contribution in [1.82, 2.24) is 0 Å². The highest BCUT2D eigenvalue weighted by Crippen LogP contribution is 2.26. The largest absolute Gasteiger partial charge is 0.426 e. The number of halogens is 4. The average Bonchev–Trinajstić information content (AvgIpc) is 2.15. The number of nitrogens with zero attached hydrogens (tertiary/aromatic N) is 1. The maximum absolute atomic E-state index is 12.2. The monoisotopic (exact) mass is 231 g/mol. The second-order valence-electron chi connectivity index (χ2n) is 2.72. The van der Waals surface area contributed by atoms with E-state index in [9.17, 15) is 13.2 Å². The first-order valence-corrected chi connectivity index (χ1v) is 4.26. The molecule has 0 saturated carbocycles. The van der Waals surface area contributed by atoms with Crippen molar-refractivity contribution < 1.29 is 13.2 Å². The van der Waals surface area contributed by atoms with Gasteiger partial charge >= 0.3 is 6.18 Å². The first kappa shape index (κ1) is 11.6. The number of rotatable bonds is 1. The van der Waals surface area contributed by atoms with Gasteiger partial charge in [0.2, 0.25) is 0 Å². The summed E-state index contributed by atoms with van der Waals surface area (Å²) in [6, 6.07) is 6.84. The van der Waals surface area contributed by atoms with Gasteiger partial charge in [-0.25, -0.2) is 0 Å². The zero-order chi connectivity index (χ0) is 11.5. The van der Waals surface area contributed by atoms with Gasteiger partial charge in [-0.1, -0.05) is 23.7 Å². The highest BCUT2D eigenvalue weighted by molar-refractivity contribution is 6.30. The Morgan fingerprint density at radius 1 is 1.27 bits per heavy atom. The second-order valence-corrected chi connectivity index (χ2v) is 3.16.